The van der Waals surface area contributed by atoms with Gasteiger partial charge in [-0.25, -0.2) is 4.79 Å². The number of carbonyl (C=O) groups excluding carboxylic acids is 1. The highest BCUT2D eigenvalue weighted by atomic mass is 16.2. The highest BCUT2D eigenvalue weighted by Gasteiger charge is 2.23. The molecule has 0 bridgehead atoms. The standard InChI is InChI=1S/C15H24N4O/c1-12(14(16)13-5-3-2-4-6-13)11-18-7-9-19(10-8-18)15(17)20/h2-6,12,14H,7-11,16H2,1H3,(H2,17,20)/t12-,14+/m0/s1. The number of hydrogen-bond acceptors (Lipinski definition) is 3. The number of benzene rings is 1. The second-order valence-electron chi connectivity index (χ2n) is 5.54. The second kappa shape index (κ2) is 6.72. The molecule has 0 unspecified atom stereocenters. The molecule has 2 amide bonds. The lowest BCUT2D eigenvalue weighted by molar-refractivity contribution is 0.129. The summed E-state index contributed by atoms with van der Waals surface area (Å²) < 4.78 is 0. The molecule has 1 heterocycles. The maximum Gasteiger partial charge on any atom is 0.314 e. The van der Waals surface area contributed by atoms with E-state index in [2.05, 4.69) is 24.0 Å². The van der Waals surface area contributed by atoms with Crippen molar-refractivity contribution in [3.63, 3.8) is 0 Å². The summed E-state index contributed by atoms with van der Waals surface area (Å²) in [5.74, 6) is 0.373. The van der Waals surface area contributed by atoms with Gasteiger partial charge in [-0.1, -0.05) is 37.3 Å². The summed E-state index contributed by atoms with van der Waals surface area (Å²) >= 11 is 0. The Labute approximate surface area is 120 Å². The fraction of sp³-hybridized carbons (Fsp3) is 0.533. The van der Waals surface area contributed by atoms with Crippen molar-refractivity contribution in [1.29, 1.82) is 0 Å². The predicted molar refractivity (Wildman–Crippen MR) is 80.1 cm³/mol. The Bertz CT molecular complexity index is 429. The summed E-state index contributed by atoms with van der Waals surface area (Å²) in [6.07, 6.45) is 0. The van der Waals surface area contributed by atoms with Gasteiger partial charge in [-0.3, -0.25) is 4.90 Å². The molecule has 5 heteroatoms. The fourth-order valence-electron chi connectivity index (χ4n) is 2.68. The summed E-state index contributed by atoms with van der Waals surface area (Å²) in [6, 6.07) is 9.92. The van der Waals surface area contributed by atoms with Gasteiger partial charge in [-0.2, -0.15) is 0 Å². The molecule has 1 aliphatic heterocycles. The summed E-state index contributed by atoms with van der Waals surface area (Å²) in [5, 5.41) is 0. The van der Waals surface area contributed by atoms with Gasteiger partial charge in [0, 0.05) is 38.8 Å². The van der Waals surface area contributed by atoms with Crippen molar-refractivity contribution in [2.45, 2.75) is 13.0 Å². The van der Waals surface area contributed by atoms with Crippen LogP contribution in [0.5, 0.6) is 0 Å². The molecule has 0 radical (unpaired) electrons. The Morgan fingerprint density at radius 1 is 1.20 bits per heavy atom. The van der Waals surface area contributed by atoms with E-state index in [0.717, 1.165) is 19.6 Å². The third kappa shape index (κ3) is 3.71. The van der Waals surface area contributed by atoms with Crippen LogP contribution < -0.4 is 11.5 Å². The summed E-state index contributed by atoms with van der Waals surface area (Å²) in [6.45, 7) is 6.29. The first kappa shape index (κ1) is 14.8. The predicted octanol–water partition coefficient (Wildman–Crippen LogP) is 1.02. The van der Waals surface area contributed by atoms with Gasteiger partial charge in [0.2, 0.25) is 0 Å². The number of piperazine rings is 1. The average Bonchev–Trinajstić information content (AvgIpc) is 2.48. The molecule has 0 spiro atoms. The van der Waals surface area contributed by atoms with Crippen molar-refractivity contribution >= 4 is 6.03 Å². The van der Waals surface area contributed by atoms with Crippen LogP contribution in [0.25, 0.3) is 0 Å². The van der Waals surface area contributed by atoms with E-state index < -0.39 is 0 Å². The quantitative estimate of drug-likeness (QED) is 0.862. The highest BCUT2D eigenvalue weighted by Crippen LogP contribution is 2.20. The molecule has 20 heavy (non-hydrogen) atoms. The Hall–Kier alpha value is -1.59. The van der Waals surface area contributed by atoms with Crippen LogP contribution >= 0.6 is 0 Å². The zero-order valence-corrected chi connectivity index (χ0v) is 12.0. The minimum atomic E-state index is -0.321. The molecule has 110 valence electrons. The zero-order chi connectivity index (χ0) is 14.5. The smallest absolute Gasteiger partial charge is 0.314 e. The van der Waals surface area contributed by atoms with E-state index in [0.29, 0.717) is 19.0 Å². The molecular formula is C15H24N4O. The molecule has 0 aliphatic carbocycles. The van der Waals surface area contributed by atoms with Crippen molar-refractivity contribution in [3.8, 4) is 0 Å². The highest BCUT2D eigenvalue weighted by molar-refractivity contribution is 5.72. The first-order chi connectivity index (χ1) is 9.58. The van der Waals surface area contributed by atoms with E-state index in [1.165, 1.54) is 5.56 Å². The molecule has 1 aliphatic rings. The van der Waals surface area contributed by atoms with Crippen LogP contribution in [-0.4, -0.2) is 48.6 Å². The minimum absolute atomic E-state index is 0.0466. The lowest BCUT2D eigenvalue weighted by Crippen LogP contribution is -2.51. The van der Waals surface area contributed by atoms with Crippen LogP contribution in [0.15, 0.2) is 30.3 Å². The lowest BCUT2D eigenvalue weighted by atomic mass is 9.95. The van der Waals surface area contributed by atoms with Gasteiger partial charge in [0.15, 0.2) is 0 Å². The van der Waals surface area contributed by atoms with Gasteiger partial charge >= 0.3 is 6.03 Å². The van der Waals surface area contributed by atoms with Gasteiger partial charge in [-0.15, -0.1) is 0 Å². The van der Waals surface area contributed by atoms with Crippen LogP contribution in [0, 0.1) is 5.92 Å². The van der Waals surface area contributed by atoms with E-state index in [9.17, 15) is 4.79 Å². The Kier molecular flexibility index (Phi) is 4.98. The molecule has 2 rings (SSSR count). The molecule has 4 N–H and O–H groups in total. The molecule has 2 atom stereocenters. The third-order valence-electron chi connectivity index (χ3n) is 4.03. The van der Waals surface area contributed by atoms with Crippen molar-refractivity contribution in [1.82, 2.24) is 9.80 Å². The number of nitrogens with two attached hydrogens (primary N) is 2. The topological polar surface area (TPSA) is 75.6 Å². The van der Waals surface area contributed by atoms with Crippen LogP contribution in [0.1, 0.15) is 18.5 Å². The van der Waals surface area contributed by atoms with E-state index in [1.54, 1.807) is 4.90 Å². The minimum Gasteiger partial charge on any atom is -0.351 e. The monoisotopic (exact) mass is 276 g/mol. The molecular weight excluding hydrogens is 252 g/mol. The molecule has 1 aromatic carbocycles. The summed E-state index contributed by atoms with van der Waals surface area (Å²) in [4.78, 5) is 15.1. The number of primary amides is 1. The van der Waals surface area contributed by atoms with Gasteiger partial charge in [0.05, 0.1) is 0 Å². The SMILES string of the molecule is C[C@@H](CN1CCN(C(N)=O)CC1)[C@@H](N)c1ccccc1. The molecule has 5 nitrogen and oxygen atoms in total. The van der Waals surface area contributed by atoms with Gasteiger partial charge in [-0.05, 0) is 11.5 Å². The number of amides is 2. The van der Waals surface area contributed by atoms with E-state index >= 15 is 0 Å². The molecule has 1 fully saturated rings. The Morgan fingerprint density at radius 3 is 2.35 bits per heavy atom. The van der Waals surface area contributed by atoms with Crippen LogP contribution in [0.4, 0.5) is 4.79 Å². The van der Waals surface area contributed by atoms with Crippen molar-refractivity contribution < 1.29 is 4.79 Å². The maximum atomic E-state index is 11.1. The largest absolute Gasteiger partial charge is 0.351 e. The number of rotatable bonds is 4. The Morgan fingerprint density at radius 2 is 1.80 bits per heavy atom. The van der Waals surface area contributed by atoms with Crippen LogP contribution in [-0.2, 0) is 0 Å². The fourth-order valence-corrected chi connectivity index (χ4v) is 2.68. The van der Waals surface area contributed by atoms with Crippen molar-refractivity contribution in [3.05, 3.63) is 35.9 Å². The first-order valence-corrected chi connectivity index (χ1v) is 7.15. The molecule has 0 aromatic heterocycles. The lowest BCUT2D eigenvalue weighted by Gasteiger charge is -2.36. The van der Waals surface area contributed by atoms with E-state index in [-0.39, 0.29) is 12.1 Å². The van der Waals surface area contributed by atoms with E-state index in [1.807, 2.05) is 18.2 Å². The van der Waals surface area contributed by atoms with Gasteiger partial charge in [0.25, 0.3) is 0 Å². The third-order valence-corrected chi connectivity index (χ3v) is 4.03. The molecule has 1 saturated heterocycles. The van der Waals surface area contributed by atoms with Crippen LogP contribution in [0.3, 0.4) is 0 Å². The van der Waals surface area contributed by atoms with E-state index in [4.69, 9.17) is 11.5 Å². The normalized spacial score (nSPS) is 19.6. The number of carbonyl (C=O) groups is 1. The molecule has 1 aromatic rings. The first-order valence-electron chi connectivity index (χ1n) is 7.15. The van der Waals surface area contributed by atoms with Gasteiger partial charge in [0.1, 0.15) is 0 Å². The second-order valence-corrected chi connectivity index (χ2v) is 5.54. The molecule has 0 saturated carbocycles. The number of urea groups is 1. The zero-order valence-electron chi connectivity index (χ0n) is 12.0. The number of hydrogen-bond donors (Lipinski definition) is 2. The van der Waals surface area contributed by atoms with Gasteiger partial charge < -0.3 is 16.4 Å². The van der Waals surface area contributed by atoms with Crippen LogP contribution in [0.2, 0.25) is 0 Å². The maximum absolute atomic E-state index is 11.1. The Balaban J connectivity index is 1.83. The number of nitrogens with zero attached hydrogens (tertiary/aromatic N) is 2. The van der Waals surface area contributed by atoms with Crippen molar-refractivity contribution in [2.75, 3.05) is 32.7 Å². The summed E-state index contributed by atoms with van der Waals surface area (Å²) in [7, 11) is 0. The average molecular weight is 276 g/mol. The van der Waals surface area contributed by atoms with Crippen molar-refractivity contribution in [2.24, 2.45) is 17.4 Å². The summed E-state index contributed by atoms with van der Waals surface area (Å²) in [5.41, 5.74) is 12.8.